The summed E-state index contributed by atoms with van der Waals surface area (Å²) in [6.07, 6.45) is 7.92. The fourth-order valence-corrected chi connectivity index (χ4v) is 3.66. The van der Waals surface area contributed by atoms with Crippen LogP contribution in [0.4, 0.5) is 5.69 Å². The van der Waals surface area contributed by atoms with Crippen LogP contribution in [-0.2, 0) is 11.2 Å². The summed E-state index contributed by atoms with van der Waals surface area (Å²) in [5, 5.41) is 3.05. The number of hydrogen-bond donors (Lipinski definition) is 1. The molecule has 1 aliphatic heterocycles. The number of benzene rings is 1. The fraction of sp³-hybridized carbons (Fsp3) is 0.562. The van der Waals surface area contributed by atoms with Crippen molar-refractivity contribution in [3.05, 3.63) is 29.3 Å². The van der Waals surface area contributed by atoms with Crippen LogP contribution >= 0.6 is 11.6 Å². The molecule has 1 aromatic carbocycles. The minimum atomic E-state index is 0.120. The van der Waals surface area contributed by atoms with E-state index in [1.807, 2.05) is 6.07 Å². The number of aryl methyl sites for hydroxylation is 1. The first kappa shape index (κ1) is 13.0. The molecule has 1 amide bonds. The highest BCUT2D eigenvalue weighted by Gasteiger charge is 2.24. The van der Waals surface area contributed by atoms with Crippen LogP contribution in [0, 0.1) is 5.92 Å². The molecule has 1 aromatic rings. The lowest BCUT2D eigenvalue weighted by molar-refractivity contribution is -0.116. The van der Waals surface area contributed by atoms with Crippen LogP contribution in [0.2, 0.25) is 0 Å². The molecule has 1 atom stereocenters. The Morgan fingerprint density at radius 3 is 2.74 bits per heavy atom. The molecule has 19 heavy (non-hydrogen) atoms. The molecule has 3 heteroatoms. The average molecular weight is 278 g/mol. The number of fused-ring (bicyclic) bond motifs is 1. The van der Waals surface area contributed by atoms with E-state index in [1.54, 1.807) is 0 Å². The highest BCUT2D eigenvalue weighted by atomic mass is 35.5. The van der Waals surface area contributed by atoms with Gasteiger partial charge in [0.15, 0.2) is 0 Å². The van der Waals surface area contributed by atoms with E-state index in [0.29, 0.717) is 12.3 Å². The number of halogens is 1. The van der Waals surface area contributed by atoms with E-state index in [1.165, 1.54) is 43.2 Å². The van der Waals surface area contributed by atoms with E-state index in [0.717, 1.165) is 12.1 Å². The van der Waals surface area contributed by atoms with Crippen molar-refractivity contribution in [3.63, 3.8) is 0 Å². The molecule has 1 heterocycles. The predicted molar refractivity (Wildman–Crippen MR) is 78.6 cm³/mol. The lowest BCUT2D eigenvalue weighted by Gasteiger charge is -2.27. The number of carbonyl (C=O) groups excluding carboxylic acids is 1. The first-order chi connectivity index (χ1) is 9.24. The van der Waals surface area contributed by atoms with Gasteiger partial charge in [-0.25, -0.2) is 0 Å². The molecule has 0 radical (unpaired) electrons. The smallest absolute Gasteiger partial charge is 0.224 e. The molecular weight excluding hydrogens is 258 g/mol. The number of hydrogen-bond acceptors (Lipinski definition) is 1. The largest absolute Gasteiger partial charge is 0.326 e. The number of nitrogens with one attached hydrogen (secondary N) is 1. The Bertz CT molecular complexity index is 480. The molecule has 0 spiro atoms. The summed E-state index contributed by atoms with van der Waals surface area (Å²) in [6.45, 7) is 0. The van der Waals surface area contributed by atoms with Crippen LogP contribution in [0.25, 0.3) is 0 Å². The minimum Gasteiger partial charge on any atom is -0.326 e. The predicted octanol–water partition coefficient (Wildman–Crippen LogP) is 4.43. The Balaban J connectivity index is 1.79. The number of carbonyl (C=O) groups is 1. The van der Waals surface area contributed by atoms with Crippen molar-refractivity contribution in [3.8, 4) is 0 Å². The Hall–Kier alpha value is -1.02. The Morgan fingerprint density at radius 2 is 1.95 bits per heavy atom. The first-order valence-electron chi connectivity index (χ1n) is 7.31. The molecule has 1 unspecified atom stereocenters. The molecule has 1 saturated carbocycles. The van der Waals surface area contributed by atoms with Crippen LogP contribution in [-0.4, -0.2) is 5.91 Å². The van der Waals surface area contributed by atoms with Crippen molar-refractivity contribution >= 4 is 23.2 Å². The van der Waals surface area contributed by atoms with Crippen LogP contribution < -0.4 is 5.32 Å². The summed E-state index contributed by atoms with van der Waals surface area (Å²) in [5.41, 5.74) is 3.43. The molecule has 0 bridgehead atoms. The third kappa shape index (κ3) is 2.79. The molecule has 2 aliphatic rings. The van der Waals surface area contributed by atoms with Crippen molar-refractivity contribution in [2.45, 2.75) is 50.3 Å². The normalized spacial score (nSPS) is 21.6. The SMILES string of the molecule is O=C1CCc2cc(C(Cl)C3CCCCC3)ccc2N1. The molecule has 1 aliphatic carbocycles. The van der Waals surface area contributed by atoms with E-state index >= 15 is 0 Å². The third-order valence-corrected chi connectivity index (χ3v) is 5.02. The van der Waals surface area contributed by atoms with Gasteiger partial charge in [-0.1, -0.05) is 31.4 Å². The zero-order valence-corrected chi connectivity index (χ0v) is 11.9. The van der Waals surface area contributed by atoms with Crippen LogP contribution in [0.3, 0.4) is 0 Å². The Morgan fingerprint density at radius 1 is 1.16 bits per heavy atom. The van der Waals surface area contributed by atoms with Gasteiger partial charge < -0.3 is 5.32 Å². The second kappa shape index (κ2) is 5.54. The van der Waals surface area contributed by atoms with Crippen LogP contribution in [0.15, 0.2) is 18.2 Å². The zero-order chi connectivity index (χ0) is 13.2. The van der Waals surface area contributed by atoms with Gasteiger partial charge in [-0.3, -0.25) is 4.79 Å². The third-order valence-electron chi connectivity index (χ3n) is 4.41. The van der Waals surface area contributed by atoms with Crippen molar-refractivity contribution in [2.24, 2.45) is 5.92 Å². The first-order valence-corrected chi connectivity index (χ1v) is 7.74. The second-order valence-electron chi connectivity index (χ2n) is 5.76. The molecule has 1 fully saturated rings. The molecule has 3 rings (SSSR count). The van der Waals surface area contributed by atoms with Gasteiger partial charge in [0, 0.05) is 12.1 Å². The van der Waals surface area contributed by atoms with Gasteiger partial charge in [-0.05, 0) is 42.4 Å². The van der Waals surface area contributed by atoms with E-state index in [9.17, 15) is 4.79 Å². The van der Waals surface area contributed by atoms with Gasteiger partial charge in [0.1, 0.15) is 0 Å². The topological polar surface area (TPSA) is 29.1 Å². The van der Waals surface area contributed by atoms with Gasteiger partial charge in [-0.15, -0.1) is 11.6 Å². The van der Waals surface area contributed by atoms with Crippen LogP contribution in [0.5, 0.6) is 0 Å². The fourth-order valence-electron chi connectivity index (χ4n) is 3.27. The second-order valence-corrected chi connectivity index (χ2v) is 6.23. The lowest BCUT2D eigenvalue weighted by Crippen LogP contribution is -2.19. The zero-order valence-electron chi connectivity index (χ0n) is 11.1. The maximum atomic E-state index is 11.4. The van der Waals surface area contributed by atoms with Crippen molar-refractivity contribution < 1.29 is 4.79 Å². The van der Waals surface area contributed by atoms with Crippen molar-refractivity contribution in [2.75, 3.05) is 5.32 Å². The minimum absolute atomic E-state index is 0.120. The molecule has 102 valence electrons. The number of alkyl halides is 1. The molecule has 1 N–H and O–H groups in total. The van der Waals surface area contributed by atoms with Gasteiger partial charge >= 0.3 is 0 Å². The summed E-state index contributed by atoms with van der Waals surface area (Å²) in [5.74, 6) is 0.738. The van der Waals surface area contributed by atoms with Crippen molar-refractivity contribution in [1.29, 1.82) is 0 Å². The number of anilines is 1. The van der Waals surface area contributed by atoms with Gasteiger partial charge in [0.05, 0.1) is 5.38 Å². The summed E-state index contributed by atoms with van der Waals surface area (Å²) >= 11 is 6.67. The summed E-state index contributed by atoms with van der Waals surface area (Å²) in [7, 11) is 0. The average Bonchev–Trinajstić information content (AvgIpc) is 2.47. The summed E-state index contributed by atoms with van der Waals surface area (Å²) < 4.78 is 0. The van der Waals surface area contributed by atoms with E-state index in [4.69, 9.17) is 11.6 Å². The molecule has 2 nitrogen and oxygen atoms in total. The lowest BCUT2D eigenvalue weighted by atomic mass is 9.84. The van der Waals surface area contributed by atoms with Gasteiger partial charge in [0.25, 0.3) is 0 Å². The maximum absolute atomic E-state index is 11.4. The summed E-state index contributed by atoms with van der Waals surface area (Å²) in [6, 6.07) is 6.29. The number of rotatable bonds is 2. The molecule has 0 aromatic heterocycles. The molecular formula is C16H20ClNO. The highest BCUT2D eigenvalue weighted by Crippen LogP contribution is 2.40. The van der Waals surface area contributed by atoms with Crippen LogP contribution in [0.1, 0.15) is 55.0 Å². The monoisotopic (exact) mass is 277 g/mol. The summed E-state index contributed by atoms with van der Waals surface area (Å²) in [4.78, 5) is 11.4. The maximum Gasteiger partial charge on any atom is 0.224 e. The quantitative estimate of drug-likeness (QED) is 0.796. The van der Waals surface area contributed by atoms with E-state index in [-0.39, 0.29) is 11.3 Å². The Kier molecular flexibility index (Phi) is 3.79. The standard InChI is InChI=1S/C16H20ClNO/c17-16(11-4-2-1-3-5-11)13-6-8-14-12(10-13)7-9-15(19)18-14/h6,8,10-11,16H,1-5,7,9H2,(H,18,19). The number of amides is 1. The van der Waals surface area contributed by atoms with E-state index in [2.05, 4.69) is 17.4 Å². The Labute approximate surface area is 119 Å². The van der Waals surface area contributed by atoms with Gasteiger partial charge in [-0.2, -0.15) is 0 Å². The van der Waals surface area contributed by atoms with E-state index < -0.39 is 0 Å². The van der Waals surface area contributed by atoms with Gasteiger partial charge in [0.2, 0.25) is 5.91 Å². The van der Waals surface area contributed by atoms with Crippen molar-refractivity contribution in [1.82, 2.24) is 0 Å². The highest BCUT2D eigenvalue weighted by molar-refractivity contribution is 6.21. The molecule has 0 saturated heterocycles.